The van der Waals surface area contributed by atoms with Crippen LogP contribution in [0.25, 0.3) is 11.1 Å². The van der Waals surface area contributed by atoms with Crippen LogP contribution in [0.2, 0.25) is 0 Å². The van der Waals surface area contributed by atoms with Crippen LogP contribution in [0.3, 0.4) is 0 Å². The Balaban J connectivity index is 1.34. The molecule has 34 heavy (non-hydrogen) atoms. The van der Waals surface area contributed by atoms with E-state index in [0.29, 0.717) is 19.4 Å². The van der Waals surface area contributed by atoms with Gasteiger partial charge < -0.3 is 25.8 Å². The molecule has 0 spiro atoms. The topological polar surface area (TPSA) is 134 Å². The summed E-state index contributed by atoms with van der Waals surface area (Å²) in [5.41, 5.74) is 4.44. The summed E-state index contributed by atoms with van der Waals surface area (Å²) in [6.07, 6.45) is 0.261. The van der Waals surface area contributed by atoms with Crippen LogP contribution in [0.5, 0.6) is 0 Å². The first-order chi connectivity index (χ1) is 16.4. The SMILES string of the molecule is CC(CCCNC(=O)CNC(=O)CNC(=O)OCC1c2ccccc2-c2ccccc21)C(=O)O. The number of carboxylic acids is 1. The van der Waals surface area contributed by atoms with Crippen LogP contribution in [0.15, 0.2) is 48.5 Å². The average Bonchev–Trinajstić information content (AvgIpc) is 3.16. The van der Waals surface area contributed by atoms with E-state index in [1.54, 1.807) is 6.92 Å². The molecule has 0 heterocycles. The van der Waals surface area contributed by atoms with Crippen molar-refractivity contribution in [2.45, 2.75) is 25.7 Å². The molecule has 9 heteroatoms. The van der Waals surface area contributed by atoms with Crippen molar-refractivity contribution >= 4 is 23.9 Å². The summed E-state index contributed by atoms with van der Waals surface area (Å²) in [6.45, 7) is 1.52. The van der Waals surface area contributed by atoms with E-state index >= 15 is 0 Å². The molecular formula is C25H29N3O6. The minimum Gasteiger partial charge on any atom is -0.481 e. The lowest BCUT2D eigenvalue weighted by Crippen LogP contribution is -2.42. The summed E-state index contributed by atoms with van der Waals surface area (Å²) in [4.78, 5) is 46.5. The number of carboxylic acid groups (broad SMARTS) is 1. The molecule has 1 atom stereocenters. The number of carbonyl (C=O) groups excluding carboxylic acids is 3. The van der Waals surface area contributed by atoms with Gasteiger partial charge in [0, 0.05) is 12.5 Å². The number of hydrogen-bond donors (Lipinski definition) is 4. The van der Waals surface area contributed by atoms with E-state index in [1.165, 1.54) is 0 Å². The third-order valence-corrected chi connectivity index (χ3v) is 5.74. The molecule has 1 aliphatic carbocycles. The number of nitrogens with one attached hydrogen (secondary N) is 3. The van der Waals surface area contributed by atoms with E-state index in [1.807, 2.05) is 48.5 Å². The minimum absolute atomic E-state index is 0.0749. The average molecular weight is 468 g/mol. The van der Waals surface area contributed by atoms with E-state index in [4.69, 9.17) is 9.84 Å². The highest BCUT2D eigenvalue weighted by molar-refractivity contribution is 5.87. The second-order valence-electron chi connectivity index (χ2n) is 8.19. The van der Waals surface area contributed by atoms with Crippen LogP contribution < -0.4 is 16.0 Å². The molecule has 0 aromatic heterocycles. The Morgan fingerprint density at radius 2 is 1.44 bits per heavy atom. The molecule has 1 aliphatic rings. The van der Waals surface area contributed by atoms with E-state index in [-0.39, 0.29) is 25.6 Å². The van der Waals surface area contributed by atoms with Crippen molar-refractivity contribution in [2.75, 3.05) is 26.2 Å². The number of carbonyl (C=O) groups is 4. The zero-order valence-corrected chi connectivity index (χ0v) is 19.0. The molecule has 9 nitrogen and oxygen atoms in total. The maximum Gasteiger partial charge on any atom is 0.407 e. The molecule has 3 amide bonds. The first-order valence-electron chi connectivity index (χ1n) is 11.2. The Morgan fingerprint density at radius 1 is 0.882 bits per heavy atom. The molecule has 0 saturated carbocycles. The van der Waals surface area contributed by atoms with Gasteiger partial charge in [-0.15, -0.1) is 0 Å². The number of benzene rings is 2. The van der Waals surface area contributed by atoms with Gasteiger partial charge in [0.1, 0.15) is 13.2 Å². The fourth-order valence-corrected chi connectivity index (χ4v) is 3.87. The van der Waals surface area contributed by atoms with Crippen molar-refractivity contribution in [1.29, 1.82) is 0 Å². The second-order valence-corrected chi connectivity index (χ2v) is 8.19. The zero-order valence-electron chi connectivity index (χ0n) is 19.0. The summed E-state index contributed by atoms with van der Waals surface area (Å²) in [6, 6.07) is 16.0. The van der Waals surface area contributed by atoms with Gasteiger partial charge in [0.25, 0.3) is 0 Å². The Kier molecular flexibility index (Phi) is 8.61. The van der Waals surface area contributed by atoms with E-state index in [9.17, 15) is 19.2 Å². The van der Waals surface area contributed by atoms with Gasteiger partial charge in [0.15, 0.2) is 0 Å². The number of hydrogen-bond acceptors (Lipinski definition) is 5. The number of fused-ring (bicyclic) bond motifs is 3. The van der Waals surface area contributed by atoms with E-state index in [2.05, 4.69) is 16.0 Å². The highest BCUT2D eigenvalue weighted by atomic mass is 16.5. The van der Waals surface area contributed by atoms with Gasteiger partial charge in [-0.05, 0) is 35.1 Å². The fraction of sp³-hybridized carbons (Fsp3) is 0.360. The number of rotatable bonds is 11. The van der Waals surface area contributed by atoms with Crippen molar-refractivity contribution < 1.29 is 29.0 Å². The lowest BCUT2D eigenvalue weighted by Gasteiger charge is -2.14. The smallest absolute Gasteiger partial charge is 0.407 e. The van der Waals surface area contributed by atoms with Gasteiger partial charge >= 0.3 is 12.1 Å². The molecule has 0 radical (unpaired) electrons. The molecular weight excluding hydrogens is 438 g/mol. The monoisotopic (exact) mass is 467 g/mol. The van der Waals surface area contributed by atoms with Gasteiger partial charge in [0.2, 0.25) is 11.8 Å². The van der Waals surface area contributed by atoms with Gasteiger partial charge in [-0.1, -0.05) is 55.5 Å². The summed E-state index contributed by atoms with van der Waals surface area (Å²) in [7, 11) is 0. The summed E-state index contributed by atoms with van der Waals surface area (Å²) in [5, 5.41) is 16.2. The predicted octanol–water partition coefficient (Wildman–Crippen LogP) is 2.26. The Labute approximate surface area is 197 Å². The molecule has 0 saturated heterocycles. The Bertz CT molecular complexity index is 1010. The quantitative estimate of drug-likeness (QED) is 0.375. The Morgan fingerprint density at radius 3 is 2.06 bits per heavy atom. The molecule has 1 unspecified atom stereocenters. The van der Waals surface area contributed by atoms with Crippen molar-refractivity contribution in [3.8, 4) is 11.1 Å². The van der Waals surface area contributed by atoms with Crippen LogP contribution in [-0.2, 0) is 19.1 Å². The van der Waals surface area contributed by atoms with Crippen LogP contribution in [0.4, 0.5) is 4.79 Å². The number of amides is 3. The highest BCUT2D eigenvalue weighted by Crippen LogP contribution is 2.44. The predicted molar refractivity (Wildman–Crippen MR) is 125 cm³/mol. The van der Waals surface area contributed by atoms with Crippen LogP contribution in [0.1, 0.15) is 36.8 Å². The number of ether oxygens (including phenoxy) is 1. The molecule has 4 N–H and O–H groups in total. The largest absolute Gasteiger partial charge is 0.481 e. The molecule has 0 fully saturated rings. The van der Waals surface area contributed by atoms with Crippen molar-refractivity contribution in [1.82, 2.24) is 16.0 Å². The van der Waals surface area contributed by atoms with E-state index in [0.717, 1.165) is 22.3 Å². The molecule has 180 valence electrons. The highest BCUT2D eigenvalue weighted by Gasteiger charge is 2.29. The van der Waals surface area contributed by atoms with E-state index < -0.39 is 29.8 Å². The van der Waals surface area contributed by atoms with Gasteiger partial charge in [-0.3, -0.25) is 14.4 Å². The standard InChI is InChI=1S/C25H29N3O6/c1-16(24(31)32)7-6-12-26-22(29)13-27-23(30)14-28-25(33)34-15-21-19-10-4-2-8-17(19)18-9-3-5-11-20(18)21/h2-5,8-11,16,21H,6-7,12-15H2,1H3,(H,26,29)(H,27,30)(H,28,33)(H,31,32). The van der Waals surface area contributed by atoms with Crippen LogP contribution >= 0.6 is 0 Å². The molecule has 2 aromatic carbocycles. The number of aliphatic carboxylic acids is 1. The molecule has 3 rings (SSSR count). The summed E-state index contributed by atoms with van der Waals surface area (Å²) in [5.74, 6) is -2.34. The van der Waals surface area contributed by atoms with Gasteiger partial charge in [-0.25, -0.2) is 4.79 Å². The van der Waals surface area contributed by atoms with Gasteiger partial charge in [-0.2, -0.15) is 0 Å². The first kappa shape index (κ1) is 24.8. The Hall–Kier alpha value is -3.88. The van der Waals surface area contributed by atoms with Crippen molar-refractivity contribution in [2.24, 2.45) is 5.92 Å². The van der Waals surface area contributed by atoms with Gasteiger partial charge in [0.05, 0.1) is 12.5 Å². The summed E-state index contributed by atoms with van der Waals surface area (Å²) < 4.78 is 5.37. The third-order valence-electron chi connectivity index (χ3n) is 5.74. The minimum atomic E-state index is -0.873. The van der Waals surface area contributed by atoms with Crippen molar-refractivity contribution in [3.05, 3.63) is 59.7 Å². The molecule has 0 bridgehead atoms. The first-order valence-corrected chi connectivity index (χ1v) is 11.2. The zero-order chi connectivity index (χ0) is 24.5. The summed E-state index contributed by atoms with van der Waals surface area (Å²) >= 11 is 0. The molecule has 2 aromatic rings. The second kappa shape index (κ2) is 11.8. The van der Waals surface area contributed by atoms with Crippen LogP contribution in [-0.4, -0.2) is 55.2 Å². The fourth-order valence-electron chi connectivity index (χ4n) is 3.87. The maximum atomic E-state index is 12.1. The van der Waals surface area contributed by atoms with Crippen LogP contribution in [0, 0.1) is 5.92 Å². The lowest BCUT2D eigenvalue weighted by atomic mass is 9.98. The molecule has 0 aliphatic heterocycles. The maximum absolute atomic E-state index is 12.1. The number of alkyl carbamates (subject to hydrolysis) is 1. The lowest BCUT2D eigenvalue weighted by molar-refractivity contribution is -0.141. The third kappa shape index (κ3) is 6.57. The van der Waals surface area contributed by atoms with Crippen molar-refractivity contribution in [3.63, 3.8) is 0 Å². The normalized spacial score (nSPS) is 12.7.